The lowest BCUT2D eigenvalue weighted by atomic mass is 9.55. The maximum Gasteiger partial charge on any atom is 0.120 e. The highest BCUT2D eigenvalue weighted by Gasteiger charge is 2.54. The van der Waals surface area contributed by atoms with Crippen LogP contribution in [0.25, 0.3) is 0 Å². The van der Waals surface area contributed by atoms with Crippen LogP contribution >= 0.6 is 0 Å². The summed E-state index contributed by atoms with van der Waals surface area (Å²) in [6.45, 7) is 3.15. The van der Waals surface area contributed by atoms with Crippen molar-refractivity contribution in [2.45, 2.75) is 64.1 Å². The van der Waals surface area contributed by atoms with Gasteiger partial charge < -0.3 is 9.47 Å². The average Bonchev–Trinajstić information content (AvgIpc) is 3.09. The van der Waals surface area contributed by atoms with Crippen LogP contribution < -0.4 is 4.74 Å². The number of rotatable bonds is 4. The van der Waals surface area contributed by atoms with Gasteiger partial charge in [0.05, 0.1) is 6.10 Å². The van der Waals surface area contributed by atoms with Crippen molar-refractivity contribution in [1.29, 1.82) is 0 Å². The smallest absolute Gasteiger partial charge is 0.120 e. The summed E-state index contributed by atoms with van der Waals surface area (Å²) >= 11 is 0. The average molecular weight is 377 g/mol. The lowest BCUT2D eigenvalue weighted by Gasteiger charge is -2.50. The van der Waals surface area contributed by atoms with Crippen LogP contribution in [0.5, 0.6) is 5.75 Å². The molecule has 2 saturated carbocycles. The van der Waals surface area contributed by atoms with Gasteiger partial charge in [-0.05, 0) is 90.5 Å². The van der Waals surface area contributed by atoms with Crippen molar-refractivity contribution in [1.82, 2.24) is 0 Å². The molecule has 0 aromatic heterocycles. The number of aryl methyl sites for hydroxylation is 1. The predicted molar refractivity (Wildman–Crippen MR) is 113 cm³/mol. The molecule has 2 fully saturated rings. The van der Waals surface area contributed by atoms with Crippen LogP contribution in [0.2, 0.25) is 0 Å². The molecule has 0 radical (unpaired) electrons. The van der Waals surface area contributed by atoms with Crippen molar-refractivity contribution in [2.24, 2.45) is 17.3 Å². The van der Waals surface area contributed by atoms with E-state index in [9.17, 15) is 0 Å². The van der Waals surface area contributed by atoms with Gasteiger partial charge in [0.15, 0.2) is 0 Å². The number of methoxy groups -OCH3 is 1. The topological polar surface area (TPSA) is 18.5 Å². The zero-order chi connectivity index (χ0) is 19.1. The largest absolute Gasteiger partial charge is 0.489 e. The Balaban J connectivity index is 1.34. The van der Waals surface area contributed by atoms with E-state index in [1.807, 2.05) is 13.2 Å². The van der Waals surface area contributed by atoms with Gasteiger partial charge in [-0.2, -0.15) is 0 Å². The zero-order valence-corrected chi connectivity index (χ0v) is 17.2. The summed E-state index contributed by atoms with van der Waals surface area (Å²) in [6, 6.07) is 17.3. The molecule has 28 heavy (non-hydrogen) atoms. The molecule has 0 amide bonds. The minimum absolute atomic E-state index is 0.395. The SMILES string of the molecule is CO[C@H]1CC[C@H]2[C@@H]3CCc4cc(OCc5ccccc5)ccc4[C@H]3CC[C@]12C. The Labute approximate surface area is 169 Å². The Hall–Kier alpha value is -1.80. The monoisotopic (exact) mass is 376 g/mol. The molecule has 5 rings (SSSR count). The second kappa shape index (κ2) is 7.22. The number of hydrogen-bond donors (Lipinski definition) is 0. The molecule has 0 N–H and O–H groups in total. The Kier molecular flexibility index (Phi) is 4.71. The molecule has 5 atom stereocenters. The summed E-state index contributed by atoms with van der Waals surface area (Å²) in [4.78, 5) is 0. The number of benzene rings is 2. The van der Waals surface area contributed by atoms with Gasteiger partial charge in [-0.3, -0.25) is 0 Å². The Morgan fingerprint density at radius 3 is 2.68 bits per heavy atom. The molecule has 3 aliphatic rings. The summed E-state index contributed by atoms with van der Waals surface area (Å²) in [5.41, 5.74) is 4.75. The first-order valence-electron chi connectivity index (χ1n) is 11.0. The molecule has 0 saturated heterocycles. The van der Waals surface area contributed by atoms with E-state index in [1.54, 1.807) is 5.56 Å². The molecule has 2 aromatic rings. The minimum atomic E-state index is 0.395. The van der Waals surface area contributed by atoms with E-state index in [0.29, 0.717) is 18.1 Å². The van der Waals surface area contributed by atoms with Crippen molar-refractivity contribution in [3.8, 4) is 5.75 Å². The maximum atomic E-state index is 6.09. The van der Waals surface area contributed by atoms with E-state index >= 15 is 0 Å². The van der Waals surface area contributed by atoms with E-state index in [4.69, 9.17) is 9.47 Å². The summed E-state index contributed by atoms with van der Waals surface area (Å²) in [6.07, 6.45) is 8.22. The van der Waals surface area contributed by atoms with Crippen molar-refractivity contribution in [3.05, 3.63) is 65.2 Å². The third kappa shape index (κ3) is 2.97. The van der Waals surface area contributed by atoms with Crippen LogP contribution in [0.15, 0.2) is 48.5 Å². The van der Waals surface area contributed by atoms with Crippen molar-refractivity contribution < 1.29 is 9.47 Å². The molecule has 0 heterocycles. The lowest BCUT2D eigenvalue weighted by molar-refractivity contribution is -0.0444. The molecule has 148 valence electrons. The third-order valence-corrected chi connectivity index (χ3v) is 8.14. The van der Waals surface area contributed by atoms with Crippen LogP contribution in [-0.4, -0.2) is 13.2 Å². The molecule has 0 unspecified atom stereocenters. The number of fused-ring (bicyclic) bond motifs is 5. The van der Waals surface area contributed by atoms with Gasteiger partial charge >= 0.3 is 0 Å². The number of hydrogen-bond acceptors (Lipinski definition) is 2. The van der Waals surface area contributed by atoms with Gasteiger partial charge in [0.1, 0.15) is 12.4 Å². The summed E-state index contributed by atoms with van der Waals surface area (Å²) in [7, 11) is 1.91. The minimum Gasteiger partial charge on any atom is -0.489 e. The van der Waals surface area contributed by atoms with Crippen LogP contribution in [0.3, 0.4) is 0 Å². The molecule has 3 aliphatic carbocycles. The summed E-state index contributed by atoms with van der Waals surface area (Å²) in [5.74, 6) is 3.42. The van der Waals surface area contributed by atoms with E-state index in [1.165, 1.54) is 49.7 Å². The molecular formula is C26H32O2. The van der Waals surface area contributed by atoms with Crippen LogP contribution in [-0.2, 0) is 17.8 Å². The fourth-order valence-corrected chi connectivity index (χ4v) is 6.73. The van der Waals surface area contributed by atoms with Crippen LogP contribution in [0.4, 0.5) is 0 Å². The van der Waals surface area contributed by atoms with Gasteiger partial charge in [-0.15, -0.1) is 0 Å². The lowest BCUT2D eigenvalue weighted by Crippen LogP contribution is -2.44. The zero-order valence-electron chi connectivity index (χ0n) is 17.2. The molecule has 2 aromatic carbocycles. The van der Waals surface area contributed by atoms with Gasteiger partial charge in [0, 0.05) is 7.11 Å². The van der Waals surface area contributed by atoms with Crippen LogP contribution in [0, 0.1) is 17.3 Å². The van der Waals surface area contributed by atoms with Gasteiger partial charge in [-0.1, -0.05) is 43.3 Å². The standard InChI is InChI=1S/C26H32O2/c1-26-15-14-22-21-11-9-20(28-17-18-6-4-3-5-7-18)16-19(21)8-10-23(22)24(26)12-13-25(26)27-2/h3-7,9,11,16,22-25H,8,10,12-15,17H2,1-2H3/t22-,23-,24+,25+,26+/m1/s1. The molecule has 2 nitrogen and oxygen atoms in total. The van der Waals surface area contributed by atoms with Gasteiger partial charge in [0.25, 0.3) is 0 Å². The summed E-state index contributed by atoms with van der Waals surface area (Å²) in [5, 5.41) is 0. The highest BCUT2D eigenvalue weighted by atomic mass is 16.5. The first kappa shape index (κ1) is 18.2. The van der Waals surface area contributed by atoms with E-state index in [0.717, 1.165) is 23.5 Å². The quantitative estimate of drug-likeness (QED) is 0.638. The fourth-order valence-electron chi connectivity index (χ4n) is 6.73. The maximum absolute atomic E-state index is 6.09. The second-order valence-electron chi connectivity index (χ2n) is 9.40. The fraction of sp³-hybridized carbons (Fsp3) is 0.538. The molecule has 0 aliphatic heterocycles. The predicted octanol–water partition coefficient (Wildman–Crippen LogP) is 6.14. The first-order chi connectivity index (χ1) is 13.7. The van der Waals surface area contributed by atoms with Crippen molar-refractivity contribution in [2.75, 3.05) is 7.11 Å². The molecule has 0 bridgehead atoms. The molecular weight excluding hydrogens is 344 g/mol. The van der Waals surface area contributed by atoms with E-state index in [2.05, 4.69) is 49.4 Å². The highest BCUT2D eigenvalue weighted by Crippen LogP contribution is 2.61. The number of ether oxygens (including phenoxy) is 2. The molecule has 0 spiro atoms. The Morgan fingerprint density at radius 1 is 1.00 bits per heavy atom. The summed E-state index contributed by atoms with van der Waals surface area (Å²) < 4.78 is 12.0. The van der Waals surface area contributed by atoms with E-state index < -0.39 is 0 Å². The third-order valence-electron chi connectivity index (χ3n) is 8.14. The van der Waals surface area contributed by atoms with Crippen molar-refractivity contribution in [3.63, 3.8) is 0 Å². The van der Waals surface area contributed by atoms with Crippen molar-refractivity contribution >= 4 is 0 Å². The normalized spacial score (nSPS) is 33.6. The van der Waals surface area contributed by atoms with E-state index in [-0.39, 0.29) is 0 Å². The highest BCUT2D eigenvalue weighted by molar-refractivity contribution is 5.41. The van der Waals surface area contributed by atoms with Gasteiger partial charge in [-0.25, -0.2) is 0 Å². The van der Waals surface area contributed by atoms with Gasteiger partial charge in [0.2, 0.25) is 0 Å². The van der Waals surface area contributed by atoms with Crippen LogP contribution in [0.1, 0.15) is 61.6 Å². The Bertz CT molecular complexity index is 830. The first-order valence-corrected chi connectivity index (χ1v) is 11.0. The molecule has 2 heteroatoms. The second-order valence-corrected chi connectivity index (χ2v) is 9.40. The Morgan fingerprint density at radius 2 is 1.86 bits per heavy atom.